The first-order valence-corrected chi connectivity index (χ1v) is 16.3. The van der Waals surface area contributed by atoms with Crippen LogP contribution in [0.2, 0.25) is 0 Å². The summed E-state index contributed by atoms with van der Waals surface area (Å²) in [6, 6.07) is 7.41. The minimum absolute atomic E-state index is 0.0443. The SMILES string of the molecule is CCOCc1cc(F)c(-c2ccc3cnc(Nc4cnccc4C4CC(C)C(OCCS(C)(=O)=O)C(N)C4)n3n2)c(F)c1. The summed E-state index contributed by atoms with van der Waals surface area (Å²) in [5.41, 5.74) is 9.15. The molecular formula is C30H36F2N6O4S. The fourth-order valence-corrected chi connectivity index (χ4v) is 6.10. The van der Waals surface area contributed by atoms with E-state index in [1.165, 1.54) is 22.9 Å². The van der Waals surface area contributed by atoms with E-state index in [2.05, 4.69) is 27.3 Å². The van der Waals surface area contributed by atoms with Gasteiger partial charge in [-0.25, -0.2) is 22.2 Å². The van der Waals surface area contributed by atoms with Crippen molar-refractivity contribution in [2.75, 3.05) is 30.5 Å². The Bertz CT molecular complexity index is 1660. The quantitative estimate of drug-likeness (QED) is 0.248. The van der Waals surface area contributed by atoms with Gasteiger partial charge in [-0.2, -0.15) is 9.61 Å². The second-order valence-electron chi connectivity index (χ2n) is 11.1. The molecule has 5 rings (SSSR count). The van der Waals surface area contributed by atoms with Gasteiger partial charge in [-0.1, -0.05) is 6.92 Å². The number of benzene rings is 1. The molecule has 0 amide bonds. The predicted molar refractivity (Wildman–Crippen MR) is 160 cm³/mol. The number of fused-ring (bicyclic) bond motifs is 1. The molecule has 1 saturated carbocycles. The van der Waals surface area contributed by atoms with E-state index in [1.54, 1.807) is 30.7 Å². The molecule has 0 spiro atoms. The molecule has 0 saturated heterocycles. The number of halogens is 2. The fourth-order valence-electron chi connectivity index (χ4n) is 5.70. The van der Waals surface area contributed by atoms with Crippen molar-refractivity contribution in [2.24, 2.45) is 11.7 Å². The van der Waals surface area contributed by atoms with Gasteiger partial charge in [-0.3, -0.25) is 4.98 Å². The maximum atomic E-state index is 15.0. The molecule has 4 aromatic rings. The van der Waals surface area contributed by atoms with Gasteiger partial charge in [0.2, 0.25) is 5.95 Å². The normalized spacial score (nSPS) is 20.9. The standard InChI is InChI=1S/C30H36F2N6O4S/c1-4-41-17-19-12-23(31)28(24(32)13-19)26-6-5-21-15-35-30(38(21)37-26)36-27-16-34-8-7-22(27)20-11-18(2)29(25(33)14-20)42-9-10-43(3,39)40/h5-8,12-13,15-16,18,20,25,29H,4,9-11,14,17,33H2,1-3H3,(H,35,36). The van der Waals surface area contributed by atoms with Crippen molar-refractivity contribution in [1.29, 1.82) is 0 Å². The van der Waals surface area contributed by atoms with Crippen LogP contribution in [-0.2, 0) is 25.9 Å². The number of anilines is 2. The average molecular weight is 615 g/mol. The highest BCUT2D eigenvalue weighted by atomic mass is 32.2. The predicted octanol–water partition coefficient (Wildman–Crippen LogP) is 4.62. The van der Waals surface area contributed by atoms with E-state index >= 15 is 8.78 Å². The van der Waals surface area contributed by atoms with Gasteiger partial charge in [-0.05, 0) is 73.1 Å². The summed E-state index contributed by atoms with van der Waals surface area (Å²) < 4.78 is 65.8. The molecule has 1 fully saturated rings. The van der Waals surface area contributed by atoms with E-state index in [0.29, 0.717) is 35.7 Å². The van der Waals surface area contributed by atoms with Crippen molar-refractivity contribution in [3.8, 4) is 11.3 Å². The lowest BCUT2D eigenvalue weighted by Crippen LogP contribution is -2.47. The Morgan fingerprint density at radius 2 is 1.91 bits per heavy atom. The number of pyridine rings is 1. The summed E-state index contributed by atoms with van der Waals surface area (Å²) in [4.78, 5) is 8.76. The third kappa shape index (κ3) is 7.18. The van der Waals surface area contributed by atoms with Crippen LogP contribution in [-0.4, -0.2) is 65.4 Å². The molecule has 3 aromatic heterocycles. The van der Waals surface area contributed by atoms with Gasteiger partial charge < -0.3 is 20.5 Å². The number of aromatic nitrogens is 4. The van der Waals surface area contributed by atoms with E-state index in [4.69, 9.17) is 15.2 Å². The van der Waals surface area contributed by atoms with Gasteiger partial charge in [0.05, 0.1) is 59.9 Å². The van der Waals surface area contributed by atoms with Crippen LogP contribution in [0.25, 0.3) is 16.8 Å². The second kappa shape index (κ2) is 13.0. The first-order valence-electron chi connectivity index (χ1n) is 14.2. The van der Waals surface area contributed by atoms with Gasteiger partial charge in [-0.15, -0.1) is 0 Å². The molecule has 4 atom stereocenters. The summed E-state index contributed by atoms with van der Waals surface area (Å²) in [5.74, 6) is -0.972. The molecule has 1 aliphatic carbocycles. The Morgan fingerprint density at radius 3 is 2.60 bits per heavy atom. The molecular weight excluding hydrogens is 578 g/mol. The lowest BCUT2D eigenvalue weighted by molar-refractivity contribution is -0.0152. The Hall–Kier alpha value is -3.52. The number of rotatable bonds is 11. The van der Waals surface area contributed by atoms with Crippen LogP contribution in [0.4, 0.5) is 20.4 Å². The van der Waals surface area contributed by atoms with E-state index < -0.39 is 21.5 Å². The van der Waals surface area contributed by atoms with E-state index in [0.717, 1.165) is 12.0 Å². The molecule has 3 N–H and O–H groups in total. The summed E-state index contributed by atoms with van der Waals surface area (Å²) >= 11 is 0. The fraction of sp³-hybridized carbons (Fsp3) is 0.433. The third-order valence-corrected chi connectivity index (χ3v) is 8.62. The Morgan fingerprint density at radius 1 is 1.14 bits per heavy atom. The van der Waals surface area contributed by atoms with Gasteiger partial charge >= 0.3 is 0 Å². The number of hydrogen-bond acceptors (Lipinski definition) is 9. The second-order valence-corrected chi connectivity index (χ2v) is 13.3. The molecule has 0 radical (unpaired) electrons. The highest BCUT2D eigenvalue weighted by Crippen LogP contribution is 2.40. The molecule has 230 valence electrons. The topological polar surface area (TPSA) is 134 Å². The molecule has 1 aromatic carbocycles. The molecule has 43 heavy (non-hydrogen) atoms. The van der Waals surface area contributed by atoms with Crippen molar-refractivity contribution in [3.05, 3.63) is 71.7 Å². The first kappa shape index (κ1) is 30.9. The average Bonchev–Trinajstić information content (AvgIpc) is 3.34. The highest BCUT2D eigenvalue weighted by Gasteiger charge is 2.36. The number of imidazole rings is 1. The van der Waals surface area contributed by atoms with Crippen LogP contribution in [0.1, 0.15) is 43.7 Å². The van der Waals surface area contributed by atoms with Crippen molar-refractivity contribution in [1.82, 2.24) is 19.6 Å². The highest BCUT2D eigenvalue weighted by molar-refractivity contribution is 7.90. The first-order chi connectivity index (χ1) is 20.5. The summed E-state index contributed by atoms with van der Waals surface area (Å²) in [6.07, 6.45) is 7.38. The number of nitrogens with two attached hydrogens (primary N) is 1. The zero-order valence-corrected chi connectivity index (χ0v) is 25.2. The minimum Gasteiger partial charge on any atom is -0.377 e. The summed E-state index contributed by atoms with van der Waals surface area (Å²) in [5, 5.41) is 7.83. The maximum absolute atomic E-state index is 15.0. The van der Waals surface area contributed by atoms with Crippen LogP contribution < -0.4 is 11.1 Å². The van der Waals surface area contributed by atoms with Crippen LogP contribution in [0.3, 0.4) is 0 Å². The number of nitrogens with one attached hydrogen (secondary N) is 1. The van der Waals surface area contributed by atoms with Gasteiger partial charge in [0.1, 0.15) is 21.5 Å². The van der Waals surface area contributed by atoms with Crippen molar-refractivity contribution < 1.29 is 26.7 Å². The van der Waals surface area contributed by atoms with E-state index in [1.807, 2.05) is 13.0 Å². The minimum atomic E-state index is -3.12. The molecule has 0 aliphatic heterocycles. The van der Waals surface area contributed by atoms with Crippen LogP contribution in [0.15, 0.2) is 48.9 Å². The Kier molecular flexibility index (Phi) is 9.35. The Labute approximate surface area is 249 Å². The van der Waals surface area contributed by atoms with E-state index in [9.17, 15) is 8.42 Å². The molecule has 1 aliphatic rings. The third-order valence-electron chi connectivity index (χ3n) is 7.72. The van der Waals surface area contributed by atoms with Crippen LogP contribution >= 0.6 is 0 Å². The summed E-state index contributed by atoms with van der Waals surface area (Å²) in [7, 11) is -3.12. The lowest BCUT2D eigenvalue weighted by Gasteiger charge is -2.39. The van der Waals surface area contributed by atoms with Gasteiger partial charge in [0.15, 0.2) is 0 Å². The summed E-state index contributed by atoms with van der Waals surface area (Å²) in [6.45, 7) is 4.53. The zero-order valence-electron chi connectivity index (χ0n) is 24.3. The smallest absolute Gasteiger partial charge is 0.229 e. The number of nitrogens with zero attached hydrogens (tertiary/aromatic N) is 4. The molecule has 13 heteroatoms. The monoisotopic (exact) mass is 614 g/mol. The number of hydrogen-bond donors (Lipinski definition) is 2. The largest absolute Gasteiger partial charge is 0.377 e. The molecule has 3 heterocycles. The molecule has 10 nitrogen and oxygen atoms in total. The van der Waals surface area contributed by atoms with E-state index in [-0.39, 0.29) is 54.2 Å². The zero-order chi connectivity index (χ0) is 30.7. The van der Waals surface area contributed by atoms with Crippen molar-refractivity contribution in [3.63, 3.8) is 0 Å². The van der Waals surface area contributed by atoms with Crippen LogP contribution in [0.5, 0.6) is 0 Å². The van der Waals surface area contributed by atoms with Crippen LogP contribution in [0, 0.1) is 17.6 Å². The number of sulfone groups is 1. The number of ether oxygens (including phenoxy) is 2. The van der Waals surface area contributed by atoms with Crippen molar-refractivity contribution >= 4 is 27.0 Å². The lowest BCUT2D eigenvalue weighted by atomic mass is 9.74. The molecule has 4 unspecified atom stereocenters. The van der Waals surface area contributed by atoms with Gasteiger partial charge in [0, 0.05) is 25.1 Å². The van der Waals surface area contributed by atoms with Crippen molar-refractivity contribution in [2.45, 2.75) is 51.4 Å². The molecule has 0 bridgehead atoms. The maximum Gasteiger partial charge on any atom is 0.229 e. The van der Waals surface area contributed by atoms with Gasteiger partial charge in [0.25, 0.3) is 0 Å². The Balaban J connectivity index is 1.37.